The maximum absolute atomic E-state index is 13.7. The summed E-state index contributed by atoms with van der Waals surface area (Å²) in [6.07, 6.45) is 5.84. The fourth-order valence-electron chi connectivity index (χ4n) is 4.68. The zero-order valence-electron chi connectivity index (χ0n) is 20.2. The van der Waals surface area contributed by atoms with Crippen LogP contribution in [0.3, 0.4) is 0 Å². The third-order valence-corrected chi connectivity index (χ3v) is 7.59. The highest BCUT2D eigenvalue weighted by Gasteiger charge is 2.28. The predicted molar refractivity (Wildman–Crippen MR) is 138 cm³/mol. The summed E-state index contributed by atoms with van der Waals surface area (Å²) in [6.45, 7) is 6.81. The number of amides is 1. The molecule has 1 aromatic carbocycles. The summed E-state index contributed by atoms with van der Waals surface area (Å²) < 4.78 is 7.21. The number of thiophene rings is 1. The van der Waals surface area contributed by atoms with Crippen LogP contribution in [0.15, 0.2) is 36.5 Å². The molecule has 1 amide bonds. The zero-order chi connectivity index (χ0) is 24.5. The Bertz CT molecular complexity index is 1440. The van der Waals surface area contributed by atoms with Gasteiger partial charge in [0.1, 0.15) is 5.00 Å². The molecule has 0 spiro atoms. The molecule has 0 atom stereocenters. The number of hydrogen-bond acceptors (Lipinski definition) is 6. The van der Waals surface area contributed by atoms with Crippen molar-refractivity contribution >= 4 is 39.1 Å². The van der Waals surface area contributed by atoms with Crippen LogP contribution in [0.2, 0.25) is 0 Å². The number of rotatable bonds is 6. The third kappa shape index (κ3) is 4.34. The van der Waals surface area contributed by atoms with E-state index < -0.39 is 0 Å². The predicted octanol–water partition coefficient (Wildman–Crippen LogP) is 5.80. The minimum atomic E-state index is -0.370. The summed E-state index contributed by atoms with van der Waals surface area (Å²) >= 11 is 1.49. The average Bonchev–Trinajstić information content (AvgIpc) is 3.43. The lowest BCUT2D eigenvalue weighted by Gasteiger charge is -2.13. The number of anilines is 1. The van der Waals surface area contributed by atoms with Crippen LogP contribution < -0.4 is 5.32 Å². The molecule has 1 N–H and O–H groups in total. The van der Waals surface area contributed by atoms with Crippen LogP contribution in [0.4, 0.5) is 5.00 Å². The molecule has 5 rings (SSSR count). The highest BCUT2D eigenvalue weighted by Crippen LogP contribution is 2.39. The smallest absolute Gasteiger partial charge is 0.341 e. The van der Waals surface area contributed by atoms with Crippen LogP contribution in [0, 0.1) is 6.92 Å². The van der Waals surface area contributed by atoms with Crippen LogP contribution in [0.25, 0.3) is 22.2 Å². The Hall–Kier alpha value is -3.52. The Labute approximate surface area is 208 Å². The number of fused-ring (bicyclic) bond motifs is 2. The van der Waals surface area contributed by atoms with Crippen molar-refractivity contribution in [3.63, 3.8) is 0 Å². The van der Waals surface area contributed by atoms with Crippen molar-refractivity contribution in [1.29, 1.82) is 0 Å². The number of benzene rings is 1. The Morgan fingerprint density at radius 3 is 2.74 bits per heavy atom. The maximum atomic E-state index is 13.7. The summed E-state index contributed by atoms with van der Waals surface area (Å²) in [5.41, 5.74) is 5.23. The number of aryl methyl sites for hydroxylation is 3. The molecule has 0 saturated carbocycles. The van der Waals surface area contributed by atoms with Gasteiger partial charge in [0.05, 0.1) is 34.6 Å². The molecule has 0 aliphatic heterocycles. The highest BCUT2D eigenvalue weighted by molar-refractivity contribution is 7.17. The first kappa shape index (κ1) is 23.2. The fourth-order valence-corrected chi connectivity index (χ4v) is 5.95. The second-order valence-corrected chi connectivity index (χ2v) is 9.75. The third-order valence-electron chi connectivity index (χ3n) is 6.39. The van der Waals surface area contributed by atoms with Gasteiger partial charge in [-0.2, -0.15) is 5.10 Å². The van der Waals surface area contributed by atoms with E-state index in [-0.39, 0.29) is 11.9 Å². The fraction of sp³-hybridized carbons (Fsp3) is 0.333. The van der Waals surface area contributed by atoms with Crippen LogP contribution in [-0.2, 0) is 24.1 Å². The molecular formula is C27H28N4O3S. The SMILES string of the molecule is CCOC(=O)c1c(NC(=O)c2cc(-c3cn(CC)nc3C)nc3ccccc23)sc2c1CCCC2. The number of nitrogens with zero attached hydrogens (tertiary/aromatic N) is 3. The molecule has 1 aliphatic rings. The van der Waals surface area contributed by atoms with E-state index in [1.54, 1.807) is 6.92 Å². The topological polar surface area (TPSA) is 86.1 Å². The molecule has 4 aromatic rings. The van der Waals surface area contributed by atoms with Gasteiger partial charge in [-0.05, 0) is 64.2 Å². The molecule has 180 valence electrons. The van der Waals surface area contributed by atoms with Crippen LogP contribution in [0.5, 0.6) is 0 Å². The first-order valence-electron chi connectivity index (χ1n) is 12.1. The number of hydrogen-bond donors (Lipinski definition) is 1. The molecule has 3 aromatic heterocycles. The average molecular weight is 489 g/mol. The van der Waals surface area contributed by atoms with Crippen LogP contribution in [0.1, 0.15) is 63.5 Å². The first-order chi connectivity index (χ1) is 17.0. The van der Waals surface area contributed by atoms with E-state index in [2.05, 4.69) is 10.4 Å². The number of carbonyl (C=O) groups is 2. The Balaban J connectivity index is 1.59. The lowest BCUT2D eigenvalue weighted by molar-refractivity contribution is 0.0526. The Morgan fingerprint density at radius 2 is 1.97 bits per heavy atom. The molecule has 7 nitrogen and oxygen atoms in total. The van der Waals surface area contributed by atoms with Gasteiger partial charge < -0.3 is 10.1 Å². The number of pyridine rings is 1. The minimum absolute atomic E-state index is 0.269. The zero-order valence-corrected chi connectivity index (χ0v) is 21.0. The van der Waals surface area contributed by atoms with Gasteiger partial charge in [0.2, 0.25) is 0 Å². The van der Waals surface area contributed by atoms with Crippen LogP contribution in [-0.4, -0.2) is 33.2 Å². The van der Waals surface area contributed by atoms with Gasteiger partial charge in [0, 0.05) is 28.6 Å². The molecule has 0 bridgehead atoms. The largest absolute Gasteiger partial charge is 0.462 e. The van der Waals surface area contributed by atoms with Crippen molar-refractivity contribution in [2.75, 3.05) is 11.9 Å². The van der Waals surface area contributed by atoms with Crippen molar-refractivity contribution in [3.05, 3.63) is 63.8 Å². The van der Waals surface area contributed by atoms with Crippen molar-refractivity contribution in [2.45, 2.75) is 53.0 Å². The van der Waals surface area contributed by atoms with E-state index >= 15 is 0 Å². The van der Waals surface area contributed by atoms with Gasteiger partial charge in [0.15, 0.2) is 0 Å². The van der Waals surface area contributed by atoms with Crippen molar-refractivity contribution in [3.8, 4) is 11.3 Å². The molecule has 0 fully saturated rings. The van der Waals surface area contributed by atoms with Crippen LogP contribution >= 0.6 is 11.3 Å². The number of carbonyl (C=O) groups excluding carboxylic acids is 2. The Kier molecular flexibility index (Phi) is 6.38. The molecule has 3 heterocycles. The van der Waals surface area contributed by atoms with Gasteiger partial charge in [-0.1, -0.05) is 18.2 Å². The standard InChI is InChI=1S/C27H28N4O3S/c1-4-31-15-20(16(3)30-31)22-14-19(17-10-6-8-12-21(17)28-22)25(32)29-26-24(27(33)34-5-2)18-11-7-9-13-23(18)35-26/h6,8,10,12,14-15H,4-5,7,9,11,13H2,1-3H3,(H,29,32). The molecular weight excluding hydrogens is 460 g/mol. The molecule has 0 saturated heterocycles. The molecule has 0 unspecified atom stereocenters. The van der Waals surface area contributed by atoms with E-state index in [0.717, 1.165) is 64.8 Å². The van der Waals surface area contributed by atoms with Crippen molar-refractivity contribution in [2.24, 2.45) is 0 Å². The van der Waals surface area contributed by atoms with E-state index in [4.69, 9.17) is 9.72 Å². The number of esters is 1. The molecule has 0 radical (unpaired) electrons. The summed E-state index contributed by atoms with van der Waals surface area (Å²) in [7, 11) is 0. The summed E-state index contributed by atoms with van der Waals surface area (Å²) in [5, 5.41) is 8.92. The number of aromatic nitrogens is 3. The summed E-state index contributed by atoms with van der Waals surface area (Å²) in [6, 6.07) is 9.43. The number of nitrogens with one attached hydrogen (secondary N) is 1. The van der Waals surface area contributed by atoms with E-state index in [0.29, 0.717) is 28.4 Å². The van der Waals surface area contributed by atoms with Gasteiger partial charge >= 0.3 is 5.97 Å². The van der Waals surface area contributed by atoms with E-state index in [9.17, 15) is 9.59 Å². The van der Waals surface area contributed by atoms with Gasteiger partial charge in [0.25, 0.3) is 5.91 Å². The number of ether oxygens (including phenoxy) is 1. The monoisotopic (exact) mass is 488 g/mol. The van der Waals surface area contributed by atoms with Crippen molar-refractivity contribution in [1.82, 2.24) is 14.8 Å². The second-order valence-electron chi connectivity index (χ2n) is 8.65. The molecule has 35 heavy (non-hydrogen) atoms. The summed E-state index contributed by atoms with van der Waals surface area (Å²) in [4.78, 5) is 32.5. The quantitative estimate of drug-likeness (QED) is 0.347. The summed E-state index contributed by atoms with van der Waals surface area (Å²) in [5.74, 6) is -0.639. The van der Waals surface area contributed by atoms with Gasteiger partial charge in [-0.3, -0.25) is 9.48 Å². The van der Waals surface area contributed by atoms with E-state index in [1.165, 1.54) is 11.3 Å². The molecule has 8 heteroatoms. The highest BCUT2D eigenvalue weighted by atomic mass is 32.1. The maximum Gasteiger partial charge on any atom is 0.341 e. The van der Waals surface area contributed by atoms with E-state index in [1.807, 2.05) is 55.1 Å². The van der Waals surface area contributed by atoms with Crippen molar-refractivity contribution < 1.29 is 14.3 Å². The lowest BCUT2D eigenvalue weighted by Crippen LogP contribution is -2.16. The lowest BCUT2D eigenvalue weighted by atomic mass is 9.95. The second kappa shape index (κ2) is 9.62. The molecule has 1 aliphatic carbocycles. The normalized spacial score (nSPS) is 13.0. The number of para-hydroxylation sites is 1. The van der Waals surface area contributed by atoms with Gasteiger partial charge in [-0.15, -0.1) is 11.3 Å². The minimum Gasteiger partial charge on any atom is -0.462 e. The first-order valence-corrected chi connectivity index (χ1v) is 12.9. The Morgan fingerprint density at radius 1 is 1.17 bits per heavy atom. The van der Waals surface area contributed by atoms with Gasteiger partial charge in [-0.25, -0.2) is 9.78 Å².